The molecule has 0 spiro atoms. The van der Waals surface area contributed by atoms with Crippen molar-refractivity contribution in [2.75, 3.05) is 18.4 Å². The Morgan fingerprint density at radius 2 is 1.67 bits per heavy atom. The van der Waals surface area contributed by atoms with Gasteiger partial charge in [-0.15, -0.1) is 11.3 Å². The Balaban J connectivity index is 1.50. The average molecular weight is 441 g/mol. The molecule has 4 rings (SSSR count). The summed E-state index contributed by atoms with van der Waals surface area (Å²) >= 11 is 1.27. The second-order valence-electron chi connectivity index (χ2n) is 7.58. The van der Waals surface area contributed by atoms with Gasteiger partial charge in [0.2, 0.25) is 0 Å². The molecule has 1 fully saturated rings. The average Bonchev–Trinajstić information content (AvgIpc) is 3.43. The van der Waals surface area contributed by atoms with Gasteiger partial charge in [-0.25, -0.2) is 8.42 Å². The topological polar surface area (TPSA) is 66.5 Å². The molecule has 7 heteroatoms. The third-order valence-electron chi connectivity index (χ3n) is 5.30. The van der Waals surface area contributed by atoms with E-state index in [1.807, 2.05) is 50.2 Å². The van der Waals surface area contributed by atoms with Crippen LogP contribution in [0.2, 0.25) is 0 Å². The number of rotatable bonds is 5. The first-order valence-electron chi connectivity index (χ1n) is 9.93. The predicted molar refractivity (Wildman–Crippen MR) is 122 cm³/mol. The summed E-state index contributed by atoms with van der Waals surface area (Å²) in [6.45, 7) is 5.18. The lowest BCUT2D eigenvalue weighted by Crippen LogP contribution is -2.27. The van der Waals surface area contributed by atoms with E-state index in [1.165, 1.54) is 11.3 Å². The van der Waals surface area contributed by atoms with E-state index in [9.17, 15) is 13.2 Å². The number of nitrogens with zero attached hydrogens (tertiary/aromatic N) is 1. The summed E-state index contributed by atoms with van der Waals surface area (Å²) < 4.78 is 27.4. The predicted octanol–water partition coefficient (Wildman–Crippen LogP) is 5.07. The Morgan fingerprint density at radius 1 is 0.967 bits per heavy atom. The number of carbonyl (C=O) groups excluding carboxylic acids is 1. The second-order valence-corrected chi connectivity index (χ2v) is 10.8. The molecule has 1 aromatic heterocycles. The number of carbonyl (C=O) groups is 1. The van der Waals surface area contributed by atoms with E-state index in [0.717, 1.165) is 40.1 Å². The van der Waals surface area contributed by atoms with Crippen LogP contribution in [-0.2, 0) is 10.0 Å². The zero-order valence-corrected chi connectivity index (χ0v) is 18.6. The lowest BCUT2D eigenvalue weighted by Gasteiger charge is -2.13. The minimum Gasteiger partial charge on any atom is -0.322 e. The lowest BCUT2D eigenvalue weighted by atomic mass is 10.1. The van der Waals surface area contributed by atoms with E-state index in [2.05, 4.69) is 5.32 Å². The van der Waals surface area contributed by atoms with Gasteiger partial charge in [-0.3, -0.25) is 4.79 Å². The fourth-order valence-electron chi connectivity index (χ4n) is 3.60. The number of aryl methyl sites for hydroxylation is 2. The molecule has 3 aromatic rings. The lowest BCUT2D eigenvalue weighted by molar-refractivity contribution is 0.102. The summed E-state index contributed by atoms with van der Waals surface area (Å²) in [5.41, 5.74) is 4.41. The molecule has 0 atom stereocenters. The van der Waals surface area contributed by atoms with Crippen molar-refractivity contribution in [3.8, 4) is 10.4 Å². The van der Waals surface area contributed by atoms with E-state index in [4.69, 9.17) is 0 Å². The Labute approximate surface area is 181 Å². The number of benzene rings is 2. The van der Waals surface area contributed by atoms with E-state index >= 15 is 0 Å². The monoisotopic (exact) mass is 440 g/mol. The molecule has 5 nitrogen and oxygen atoms in total. The SMILES string of the molecule is Cc1ccc(NC(=O)c2ccc(-c3ccc(S(=O)(=O)N4CCCC4)s3)cc2)c(C)c1. The quantitative estimate of drug-likeness (QED) is 0.602. The van der Waals surface area contributed by atoms with Crippen LogP contribution < -0.4 is 5.32 Å². The van der Waals surface area contributed by atoms with Gasteiger partial charge in [0.25, 0.3) is 15.9 Å². The highest BCUT2D eigenvalue weighted by Crippen LogP contribution is 2.33. The van der Waals surface area contributed by atoms with Gasteiger partial charge in [-0.2, -0.15) is 4.31 Å². The zero-order valence-electron chi connectivity index (χ0n) is 17.0. The minimum atomic E-state index is -3.40. The van der Waals surface area contributed by atoms with Gasteiger partial charge in [0.05, 0.1) is 0 Å². The molecule has 2 aromatic carbocycles. The summed E-state index contributed by atoms with van der Waals surface area (Å²) in [6, 6.07) is 16.7. The van der Waals surface area contributed by atoms with Gasteiger partial charge in [-0.05, 0) is 68.1 Å². The van der Waals surface area contributed by atoms with Crippen molar-refractivity contribution < 1.29 is 13.2 Å². The molecule has 1 aliphatic rings. The van der Waals surface area contributed by atoms with Crippen molar-refractivity contribution in [2.45, 2.75) is 30.9 Å². The first-order valence-corrected chi connectivity index (χ1v) is 12.2. The third kappa shape index (κ3) is 4.19. The molecule has 1 N–H and O–H groups in total. The summed E-state index contributed by atoms with van der Waals surface area (Å²) in [7, 11) is -3.40. The van der Waals surface area contributed by atoms with Crippen LogP contribution in [-0.4, -0.2) is 31.7 Å². The molecule has 1 amide bonds. The maximum Gasteiger partial charge on any atom is 0.255 e. The Morgan fingerprint density at radius 3 is 2.33 bits per heavy atom. The Hall–Kier alpha value is -2.48. The highest BCUT2D eigenvalue weighted by molar-refractivity contribution is 7.91. The number of thiophene rings is 1. The first-order chi connectivity index (χ1) is 14.3. The number of amides is 1. The van der Waals surface area contributed by atoms with Crippen molar-refractivity contribution in [3.63, 3.8) is 0 Å². The van der Waals surface area contributed by atoms with Crippen molar-refractivity contribution in [3.05, 3.63) is 71.3 Å². The highest BCUT2D eigenvalue weighted by atomic mass is 32.2. The van der Waals surface area contributed by atoms with Crippen molar-refractivity contribution >= 4 is 33.0 Å². The van der Waals surface area contributed by atoms with Gasteiger partial charge in [-0.1, -0.05) is 29.8 Å². The molecule has 0 radical (unpaired) electrons. The number of hydrogen-bond donors (Lipinski definition) is 1. The third-order valence-corrected chi connectivity index (χ3v) is 8.80. The number of sulfonamides is 1. The standard InChI is InChI=1S/C23H24N2O3S2/c1-16-5-10-20(17(2)15-16)24-23(26)19-8-6-18(7-9-19)21-11-12-22(29-21)30(27,28)25-13-3-4-14-25/h5-12,15H,3-4,13-14H2,1-2H3,(H,24,26). The molecule has 1 saturated heterocycles. The largest absolute Gasteiger partial charge is 0.322 e. The summed E-state index contributed by atoms with van der Waals surface area (Å²) in [4.78, 5) is 13.5. The van der Waals surface area contributed by atoms with Crippen LogP contribution in [0.25, 0.3) is 10.4 Å². The maximum absolute atomic E-state index is 12.7. The molecule has 0 aliphatic carbocycles. The van der Waals surface area contributed by atoms with Crippen molar-refractivity contribution in [1.29, 1.82) is 0 Å². The normalized spacial score (nSPS) is 14.7. The zero-order chi connectivity index (χ0) is 21.3. The van der Waals surface area contributed by atoms with Gasteiger partial charge >= 0.3 is 0 Å². The number of nitrogens with one attached hydrogen (secondary N) is 1. The molecule has 0 unspecified atom stereocenters. The Kier molecular flexibility index (Phi) is 5.77. The number of anilines is 1. The summed E-state index contributed by atoms with van der Waals surface area (Å²) in [6.07, 6.45) is 1.84. The van der Waals surface area contributed by atoms with Gasteiger partial charge < -0.3 is 5.32 Å². The molecule has 2 heterocycles. The highest BCUT2D eigenvalue weighted by Gasteiger charge is 2.28. The van der Waals surface area contributed by atoms with Crippen LogP contribution in [0.4, 0.5) is 5.69 Å². The molecule has 0 bridgehead atoms. The van der Waals surface area contributed by atoms with Crippen molar-refractivity contribution in [2.24, 2.45) is 0 Å². The van der Waals surface area contributed by atoms with Gasteiger partial charge in [0, 0.05) is 29.2 Å². The molecule has 30 heavy (non-hydrogen) atoms. The molecule has 156 valence electrons. The summed E-state index contributed by atoms with van der Waals surface area (Å²) in [5, 5.41) is 2.95. The fourth-order valence-corrected chi connectivity index (χ4v) is 6.59. The molecular weight excluding hydrogens is 416 g/mol. The van der Waals surface area contributed by atoms with E-state index in [0.29, 0.717) is 22.9 Å². The van der Waals surface area contributed by atoms with Crippen LogP contribution in [0.1, 0.15) is 34.3 Å². The second kappa shape index (κ2) is 8.34. The van der Waals surface area contributed by atoms with Gasteiger partial charge in [0.1, 0.15) is 4.21 Å². The Bertz CT molecular complexity index is 1180. The van der Waals surface area contributed by atoms with E-state index in [-0.39, 0.29) is 5.91 Å². The molecular formula is C23H24N2O3S2. The first kappa shape index (κ1) is 20.8. The maximum atomic E-state index is 12.7. The smallest absolute Gasteiger partial charge is 0.255 e. The van der Waals surface area contributed by atoms with Crippen LogP contribution in [0, 0.1) is 13.8 Å². The van der Waals surface area contributed by atoms with Crippen LogP contribution in [0.3, 0.4) is 0 Å². The minimum absolute atomic E-state index is 0.169. The van der Waals surface area contributed by atoms with Crippen LogP contribution in [0.15, 0.2) is 58.8 Å². The van der Waals surface area contributed by atoms with Gasteiger partial charge in [0.15, 0.2) is 0 Å². The molecule has 1 aliphatic heterocycles. The summed E-state index contributed by atoms with van der Waals surface area (Å²) in [5.74, 6) is -0.169. The van der Waals surface area contributed by atoms with E-state index in [1.54, 1.807) is 22.5 Å². The number of hydrogen-bond acceptors (Lipinski definition) is 4. The fraction of sp³-hybridized carbons (Fsp3) is 0.261. The van der Waals surface area contributed by atoms with Crippen LogP contribution in [0.5, 0.6) is 0 Å². The molecule has 0 saturated carbocycles. The van der Waals surface area contributed by atoms with E-state index < -0.39 is 10.0 Å². The van der Waals surface area contributed by atoms with Crippen molar-refractivity contribution in [1.82, 2.24) is 4.31 Å². The van der Waals surface area contributed by atoms with Crippen LogP contribution >= 0.6 is 11.3 Å².